The third-order valence-corrected chi connectivity index (χ3v) is 1.85. The third-order valence-electron chi connectivity index (χ3n) is 1.85. The van der Waals surface area contributed by atoms with Crippen LogP contribution in [-0.2, 0) is 14.3 Å². The summed E-state index contributed by atoms with van der Waals surface area (Å²) in [5, 5.41) is 0. The number of carbonyl (C=O) groups excluding carboxylic acids is 1. The summed E-state index contributed by atoms with van der Waals surface area (Å²) in [7, 11) is 0. The summed E-state index contributed by atoms with van der Waals surface area (Å²) in [6.07, 6.45) is 4.31. The fraction of sp³-hybridized carbons (Fsp3) is 0.727. The molecule has 0 rings (SSSR count). The van der Waals surface area contributed by atoms with E-state index in [4.69, 9.17) is 9.47 Å². The van der Waals surface area contributed by atoms with Crippen LogP contribution in [0.3, 0.4) is 0 Å². The van der Waals surface area contributed by atoms with Crippen LogP contribution in [0.15, 0.2) is 12.2 Å². The Bertz CT molecular complexity index is 175. The number of ether oxygens (including phenoxy) is 2. The maximum atomic E-state index is 11.0. The monoisotopic (exact) mass is 200 g/mol. The van der Waals surface area contributed by atoms with Gasteiger partial charge in [-0.3, -0.25) is 0 Å². The Balaban J connectivity index is 3.84. The van der Waals surface area contributed by atoms with Crippen molar-refractivity contribution < 1.29 is 14.3 Å². The second kappa shape index (κ2) is 8.75. The maximum absolute atomic E-state index is 11.0. The molecule has 0 heterocycles. The molecule has 82 valence electrons. The van der Waals surface area contributed by atoms with E-state index in [0.717, 1.165) is 6.42 Å². The predicted molar refractivity (Wildman–Crippen MR) is 56.0 cm³/mol. The van der Waals surface area contributed by atoms with Crippen LogP contribution in [0.2, 0.25) is 0 Å². The van der Waals surface area contributed by atoms with Gasteiger partial charge in [0.05, 0.1) is 13.2 Å². The van der Waals surface area contributed by atoms with Gasteiger partial charge < -0.3 is 9.47 Å². The average Bonchev–Trinajstić information content (AvgIpc) is 2.19. The molecule has 1 atom stereocenters. The van der Waals surface area contributed by atoms with Crippen LogP contribution in [0.1, 0.15) is 27.2 Å². The second-order valence-corrected chi connectivity index (χ2v) is 2.94. The molecule has 0 spiro atoms. The van der Waals surface area contributed by atoms with Gasteiger partial charge >= 0.3 is 5.97 Å². The lowest BCUT2D eigenvalue weighted by molar-refractivity contribution is -0.137. The molecule has 14 heavy (non-hydrogen) atoms. The molecule has 0 saturated heterocycles. The molecule has 0 aromatic carbocycles. The molecule has 0 aliphatic carbocycles. The van der Waals surface area contributed by atoms with Gasteiger partial charge in [-0.05, 0) is 20.3 Å². The summed E-state index contributed by atoms with van der Waals surface area (Å²) in [4.78, 5) is 11.0. The average molecular weight is 200 g/mol. The number of esters is 1. The zero-order valence-corrected chi connectivity index (χ0v) is 9.29. The van der Waals surface area contributed by atoms with Gasteiger partial charge in [0.15, 0.2) is 0 Å². The maximum Gasteiger partial charge on any atom is 0.330 e. The SMILES string of the molecule is CCOCC(/C=C/C(=O)OCC)CC. The summed E-state index contributed by atoms with van der Waals surface area (Å²) in [6.45, 7) is 7.63. The van der Waals surface area contributed by atoms with Gasteiger partial charge in [-0.1, -0.05) is 13.0 Å². The number of carbonyl (C=O) groups is 1. The van der Waals surface area contributed by atoms with E-state index in [9.17, 15) is 4.79 Å². The molecule has 0 aliphatic heterocycles. The normalized spacial score (nSPS) is 13.1. The number of hydrogen-bond acceptors (Lipinski definition) is 3. The molecule has 0 N–H and O–H groups in total. The first kappa shape index (κ1) is 13.2. The van der Waals surface area contributed by atoms with Crippen molar-refractivity contribution in [1.82, 2.24) is 0 Å². The molecule has 0 aliphatic rings. The predicted octanol–water partition coefficient (Wildman–Crippen LogP) is 2.17. The molecule has 0 amide bonds. The Morgan fingerprint density at radius 2 is 2.00 bits per heavy atom. The third kappa shape index (κ3) is 6.66. The lowest BCUT2D eigenvalue weighted by Crippen LogP contribution is -2.07. The van der Waals surface area contributed by atoms with Crippen molar-refractivity contribution in [2.24, 2.45) is 5.92 Å². The Kier molecular flexibility index (Phi) is 8.24. The molecular formula is C11H20O3. The first-order valence-corrected chi connectivity index (χ1v) is 5.17. The van der Waals surface area contributed by atoms with E-state index in [1.807, 2.05) is 13.0 Å². The summed E-state index contributed by atoms with van der Waals surface area (Å²) < 4.78 is 10.1. The molecule has 3 nitrogen and oxygen atoms in total. The number of hydrogen-bond donors (Lipinski definition) is 0. The minimum atomic E-state index is -0.276. The van der Waals surface area contributed by atoms with Crippen LogP contribution in [0, 0.1) is 5.92 Å². The van der Waals surface area contributed by atoms with Crippen molar-refractivity contribution >= 4 is 5.97 Å². The molecule has 0 aromatic rings. The van der Waals surface area contributed by atoms with Crippen molar-refractivity contribution in [3.05, 3.63) is 12.2 Å². The van der Waals surface area contributed by atoms with Crippen molar-refractivity contribution in [3.63, 3.8) is 0 Å². The first-order valence-electron chi connectivity index (χ1n) is 5.17. The van der Waals surface area contributed by atoms with E-state index in [1.165, 1.54) is 6.08 Å². The minimum Gasteiger partial charge on any atom is -0.463 e. The van der Waals surface area contributed by atoms with Gasteiger partial charge in [-0.2, -0.15) is 0 Å². The fourth-order valence-electron chi connectivity index (χ4n) is 0.984. The van der Waals surface area contributed by atoms with Crippen LogP contribution in [-0.4, -0.2) is 25.8 Å². The van der Waals surface area contributed by atoms with Crippen LogP contribution in [0.5, 0.6) is 0 Å². The minimum absolute atomic E-state index is 0.276. The largest absolute Gasteiger partial charge is 0.463 e. The van der Waals surface area contributed by atoms with E-state index in [1.54, 1.807) is 6.92 Å². The Morgan fingerprint density at radius 1 is 1.29 bits per heavy atom. The van der Waals surface area contributed by atoms with E-state index >= 15 is 0 Å². The molecule has 0 radical (unpaired) electrons. The molecule has 0 saturated carbocycles. The lowest BCUT2D eigenvalue weighted by Gasteiger charge is -2.08. The van der Waals surface area contributed by atoms with E-state index in [-0.39, 0.29) is 5.97 Å². The topological polar surface area (TPSA) is 35.5 Å². The van der Waals surface area contributed by atoms with Crippen LogP contribution < -0.4 is 0 Å². The Hall–Kier alpha value is -0.830. The van der Waals surface area contributed by atoms with Crippen molar-refractivity contribution in [3.8, 4) is 0 Å². The highest BCUT2D eigenvalue weighted by Crippen LogP contribution is 2.05. The molecule has 0 fully saturated rings. The van der Waals surface area contributed by atoms with Crippen molar-refractivity contribution in [2.45, 2.75) is 27.2 Å². The Morgan fingerprint density at radius 3 is 2.50 bits per heavy atom. The summed E-state index contributed by atoms with van der Waals surface area (Å²) in [5.41, 5.74) is 0. The second-order valence-electron chi connectivity index (χ2n) is 2.94. The standard InChI is InChI=1S/C11H20O3/c1-4-10(9-13-5-2)7-8-11(12)14-6-3/h7-8,10H,4-6,9H2,1-3H3/b8-7+. The van der Waals surface area contributed by atoms with Gasteiger partial charge in [0.25, 0.3) is 0 Å². The van der Waals surface area contributed by atoms with Crippen molar-refractivity contribution in [2.75, 3.05) is 19.8 Å². The van der Waals surface area contributed by atoms with Gasteiger partial charge in [-0.15, -0.1) is 0 Å². The summed E-state index contributed by atoms with van der Waals surface area (Å²) >= 11 is 0. The highest BCUT2D eigenvalue weighted by molar-refractivity contribution is 5.81. The van der Waals surface area contributed by atoms with Crippen LogP contribution in [0.4, 0.5) is 0 Å². The smallest absolute Gasteiger partial charge is 0.330 e. The molecule has 0 bridgehead atoms. The number of rotatable bonds is 7. The van der Waals surface area contributed by atoms with Gasteiger partial charge in [0, 0.05) is 18.6 Å². The molecule has 0 aromatic heterocycles. The van der Waals surface area contributed by atoms with Gasteiger partial charge in [0.1, 0.15) is 0 Å². The lowest BCUT2D eigenvalue weighted by atomic mass is 10.1. The van der Waals surface area contributed by atoms with E-state index < -0.39 is 0 Å². The van der Waals surface area contributed by atoms with Gasteiger partial charge in [0.2, 0.25) is 0 Å². The molecular weight excluding hydrogens is 180 g/mol. The first-order chi connectivity index (χ1) is 6.74. The zero-order chi connectivity index (χ0) is 10.8. The molecule has 1 unspecified atom stereocenters. The van der Waals surface area contributed by atoms with Crippen LogP contribution in [0.25, 0.3) is 0 Å². The van der Waals surface area contributed by atoms with E-state index in [0.29, 0.717) is 25.7 Å². The van der Waals surface area contributed by atoms with Gasteiger partial charge in [-0.25, -0.2) is 4.79 Å². The zero-order valence-electron chi connectivity index (χ0n) is 9.29. The molecule has 3 heteroatoms. The summed E-state index contributed by atoms with van der Waals surface area (Å²) in [5.74, 6) is 0.0294. The Labute approximate surface area is 86.1 Å². The fourth-order valence-corrected chi connectivity index (χ4v) is 0.984. The highest BCUT2D eigenvalue weighted by atomic mass is 16.5. The highest BCUT2D eigenvalue weighted by Gasteiger charge is 2.02. The quantitative estimate of drug-likeness (QED) is 0.466. The van der Waals surface area contributed by atoms with Crippen molar-refractivity contribution in [1.29, 1.82) is 0 Å². The summed E-state index contributed by atoms with van der Waals surface area (Å²) in [6, 6.07) is 0. The van der Waals surface area contributed by atoms with Crippen LogP contribution >= 0.6 is 0 Å². The van der Waals surface area contributed by atoms with E-state index in [2.05, 4.69) is 6.92 Å².